The number of ether oxygens (including phenoxy) is 2. The molecule has 2 aromatic carbocycles. The maximum atomic E-state index is 12.0. The minimum Gasteiger partial charge on any atom is -0.489 e. The van der Waals surface area contributed by atoms with Crippen LogP contribution in [0.4, 0.5) is 0 Å². The lowest BCUT2D eigenvalue weighted by Crippen LogP contribution is -2.53. The highest BCUT2D eigenvalue weighted by atomic mass is 28.2. The van der Waals surface area contributed by atoms with E-state index in [0.717, 1.165) is 39.2 Å². The Morgan fingerprint density at radius 1 is 1.08 bits per heavy atom. The number of rotatable bonds is 10. The third-order valence-electron chi connectivity index (χ3n) is 6.97. The van der Waals surface area contributed by atoms with E-state index in [-0.39, 0.29) is 27.2 Å². The Hall–Kier alpha value is -3.23. The van der Waals surface area contributed by atoms with Crippen molar-refractivity contribution in [2.45, 2.75) is 83.7 Å². The fraction of sp³-hybridized carbons (Fsp3) is 0.452. The standard InChI is InChI=1S/C31H38N2O5Si/c1-21-18-23(25-10-8-9-11-26(25)32-21)20-36-24-14-12-22(13-15-24)27-19-31(37-33-27,17-16-28(34)35-7)30(5,6)38-39-29(2,3)4/h8-15,18H,16-17,19-20H2,1-7H3. The summed E-state index contributed by atoms with van der Waals surface area (Å²) in [5, 5.41) is 5.59. The number of pyridine rings is 1. The molecule has 1 aliphatic rings. The van der Waals surface area contributed by atoms with Crippen LogP contribution in [0.1, 0.15) is 70.7 Å². The number of hydrogen-bond donors (Lipinski definition) is 0. The Kier molecular flexibility index (Phi) is 8.47. The molecule has 0 saturated heterocycles. The molecule has 0 aliphatic carbocycles. The quantitative estimate of drug-likeness (QED) is 0.211. The summed E-state index contributed by atoms with van der Waals surface area (Å²) in [5.74, 6) is 0.489. The van der Waals surface area contributed by atoms with Crippen LogP contribution in [-0.2, 0) is 25.4 Å². The monoisotopic (exact) mass is 546 g/mol. The van der Waals surface area contributed by atoms with Gasteiger partial charge in [-0.05, 0) is 67.8 Å². The molecule has 1 aliphatic heterocycles. The maximum absolute atomic E-state index is 12.0. The highest BCUT2D eigenvalue weighted by Crippen LogP contribution is 2.43. The molecular weight excluding hydrogens is 508 g/mol. The number of fused-ring (bicyclic) bond motifs is 1. The smallest absolute Gasteiger partial charge is 0.305 e. The van der Waals surface area contributed by atoms with Crippen molar-refractivity contribution in [3.05, 3.63) is 71.4 Å². The number of carbonyl (C=O) groups is 1. The van der Waals surface area contributed by atoms with Gasteiger partial charge in [-0.1, -0.05) is 44.1 Å². The number of benzene rings is 2. The first kappa shape index (κ1) is 28.8. The van der Waals surface area contributed by atoms with Gasteiger partial charge in [-0.2, -0.15) is 0 Å². The molecule has 206 valence electrons. The van der Waals surface area contributed by atoms with Crippen LogP contribution in [0.5, 0.6) is 5.75 Å². The van der Waals surface area contributed by atoms with Crippen molar-refractivity contribution < 1.29 is 23.5 Å². The number of carbonyl (C=O) groups excluding carboxylic acids is 1. The van der Waals surface area contributed by atoms with E-state index in [1.807, 2.05) is 63.2 Å². The predicted molar refractivity (Wildman–Crippen MR) is 154 cm³/mol. The van der Waals surface area contributed by atoms with E-state index in [1.54, 1.807) is 0 Å². The SMILES string of the molecule is COC(=O)CCC1(C(C)(C)O[Si]C(C)(C)C)CC(c2ccc(OCc3cc(C)nc4ccccc34)cc2)=NO1. The molecule has 2 radical (unpaired) electrons. The van der Waals surface area contributed by atoms with Crippen molar-refractivity contribution in [2.75, 3.05) is 7.11 Å². The van der Waals surface area contributed by atoms with Crippen molar-refractivity contribution in [3.63, 3.8) is 0 Å². The van der Waals surface area contributed by atoms with E-state index >= 15 is 0 Å². The predicted octanol–water partition coefficient (Wildman–Crippen LogP) is 6.57. The summed E-state index contributed by atoms with van der Waals surface area (Å²) in [6.07, 6.45) is 1.18. The van der Waals surface area contributed by atoms with E-state index < -0.39 is 11.2 Å². The maximum Gasteiger partial charge on any atom is 0.305 e. The van der Waals surface area contributed by atoms with Crippen molar-refractivity contribution in [1.29, 1.82) is 0 Å². The number of hydrogen-bond acceptors (Lipinski definition) is 7. The average molecular weight is 547 g/mol. The van der Waals surface area contributed by atoms with Gasteiger partial charge in [0.1, 0.15) is 12.4 Å². The number of para-hydroxylation sites is 1. The Bertz CT molecular complexity index is 1350. The van der Waals surface area contributed by atoms with Crippen LogP contribution in [0.2, 0.25) is 5.04 Å². The number of nitrogens with zero attached hydrogens (tertiary/aromatic N) is 2. The summed E-state index contributed by atoms with van der Waals surface area (Å²) >= 11 is 0. The van der Waals surface area contributed by atoms with Gasteiger partial charge in [0.2, 0.25) is 9.76 Å². The molecule has 0 fully saturated rings. The lowest BCUT2D eigenvalue weighted by atomic mass is 9.77. The number of aryl methyl sites for hydroxylation is 1. The van der Waals surface area contributed by atoms with Crippen molar-refractivity contribution >= 4 is 32.3 Å². The molecule has 0 bridgehead atoms. The molecule has 1 atom stereocenters. The van der Waals surface area contributed by atoms with Gasteiger partial charge in [-0.3, -0.25) is 9.78 Å². The summed E-state index contributed by atoms with van der Waals surface area (Å²) in [6, 6.07) is 18.1. The van der Waals surface area contributed by atoms with Gasteiger partial charge >= 0.3 is 5.97 Å². The molecule has 0 amide bonds. The van der Waals surface area contributed by atoms with Crippen LogP contribution in [0.3, 0.4) is 0 Å². The first-order valence-electron chi connectivity index (χ1n) is 13.3. The number of aromatic nitrogens is 1. The highest BCUT2D eigenvalue weighted by Gasteiger charge is 2.53. The average Bonchev–Trinajstić information content (AvgIpc) is 3.35. The van der Waals surface area contributed by atoms with E-state index in [0.29, 0.717) is 19.4 Å². The molecule has 1 unspecified atom stereocenters. The first-order valence-corrected chi connectivity index (χ1v) is 14.2. The van der Waals surface area contributed by atoms with E-state index in [9.17, 15) is 4.79 Å². The van der Waals surface area contributed by atoms with Crippen molar-refractivity contribution in [3.8, 4) is 5.75 Å². The summed E-state index contributed by atoms with van der Waals surface area (Å²) in [5.41, 5.74) is 3.34. The molecule has 3 aromatic rings. The van der Waals surface area contributed by atoms with Gasteiger partial charge in [0.25, 0.3) is 0 Å². The van der Waals surface area contributed by atoms with E-state index in [1.165, 1.54) is 7.11 Å². The minimum atomic E-state index is -0.787. The molecule has 0 saturated carbocycles. The van der Waals surface area contributed by atoms with Crippen molar-refractivity contribution in [1.82, 2.24) is 4.98 Å². The molecule has 1 aromatic heterocycles. The van der Waals surface area contributed by atoms with Gasteiger partial charge < -0.3 is 18.7 Å². The van der Waals surface area contributed by atoms with Gasteiger partial charge in [0, 0.05) is 35.9 Å². The zero-order chi connectivity index (χ0) is 28.3. The fourth-order valence-corrected chi connectivity index (χ4v) is 5.34. The molecule has 0 N–H and O–H groups in total. The summed E-state index contributed by atoms with van der Waals surface area (Å²) in [7, 11) is 1.67. The Labute approximate surface area is 233 Å². The van der Waals surface area contributed by atoms with Gasteiger partial charge in [0.05, 0.1) is 23.9 Å². The second-order valence-corrected chi connectivity index (χ2v) is 13.5. The Morgan fingerprint density at radius 2 is 1.79 bits per heavy atom. The summed E-state index contributed by atoms with van der Waals surface area (Å²) in [6.45, 7) is 12.9. The molecule has 4 rings (SSSR count). The zero-order valence-corrected chi connectivity index (χ0v) is 25.0. The van der Waals surface area contributed by atoms with Crippen LogP contribution in [0.15, 0.2) is 59.8 Å². The van der Waals surface area contributed by atoms with E-state index in [2.05, 4.69) is 43.0 Å². The number of methoxy groups -OCH3 is 1. The normalized spacial score (nSPS) is 17.6. The molecule has 0 spiro atoms. The van der Waals surface area contributed by atoms with Gasteiger partial charge in [0.15, 0.2) is 5.60 Å². The molecular formula is C31H38N2O5Si. The minimum absolute atomic E-state index is 0.0141. The molecule has 2 heterocycles. The van der Waals surface area contributed by atoms with Crippen LogP contribution in [0.25, 0.3) is 10.9 Å². The third kappa shape index (κ3) is 6.86. The highest BCUT2D eigenvalue weighted by molar-refractivity contribution is 6.31. The number of oxime groups is 1. The third-order valence-corrected chi connectivity index (χ3v) is 8.19. The Balaban J connectivity index is 1.47. The molecule has 39 heavy (non-hydrogen) atoms. The van der Waals surface area contributed by atoms with E-state index in [4.69, 9.17) is 18.7 Å². The first-order chi connectivity index (χ1) is 18.4. The number of esters is 1. The zero-order valence-electron chi connectivity index (χ0n) is 24.0. The second-order valence-electron chi connectivity index (χ2n) is 11.6. The van der Waals surface area contributed by atoms with Crippen LogP contribution in [0, 0.1) is 6.92 Å². The van der Waals surface area contributed by atoms with Crippen LogP contribution in [-0.4, -0.2) is 44.7 Å². The Morgan fingerprint density at radius 3 is 2.49 bits per heavy atom. The molecule has 7 nitrogen and oxygen atoms in total. The molecule has 8 heteroatoms. The lowest BCUT2D eigenvalue weighted by Gasteiger charge is -2.42. The lowest BCUT2D eigenvalue weighted by molar-refractivity contribution is -0.156. The summed E-state index contributed by atoms with van der Waals surface area (Å²) in [4.78, 5) is 22.8. The largest absolute Gasteiger partial charge is 0.489 e. The van der Waals surface area contributed by atoms with Crippen LogP contribution < -0.4 is 4.74 Å². The van der Waals surface area contributed by atoms with Gasteiger partial charge in [-0.25, -0.2) is 0 Å². The summed E-state index contributed by atoms with van der Waals surface area (Å²) < 4.78 is 17.5. The fourth-order valence-electron chi connectivity index (χ4n) is 4.59. The van der Waals surface area contributed by atoms with Gasteiger partial charge in [-0.15, -0.1) is 0 Å². The second kappa shape index (κ2) is 11.5. The van der Waals surface area contributed by atoms with Crippen molar-refractivity contribution in [2.24, 2.45) is 5.16 Å². The topological polar surface area (TPSA) is 79.2 Å². The van der Waals surface area contributed by atoms with Crippen LogP contribution >= 0.6 is 0 Å².